The highest BCUT2D eigenvalue weighted by Crippen LogP contribution is 2.34. The maximum Gasteiger partial charge on any atom is 0.277 e. The minimum atomic E-state index is -0.163. The lowest BCUT2D eigenvalue weighted by Crippen LogP contribution is -2.33. The number of fused-ring (bicyclic) bond motifs is 1. The highest BCUT2D eigenvalue weighted by Gasteiger charge is 2.22. The number of hydrogen-bond donors (Lipinski definition) is 1. The molecule has 0 fully saturated rings. The summed E-state index contributed by atoms with van der Waals surface area (Å²) in [6.07, 6.45) is 0.848. The van der Waals surface area contributed by atoms with E-state index in [1.807, 2.05) is 50.2 Å². The van der Waals surface area contributed by atoms with Gasteiger partial charge in [0.2, 0.25) is 5.91 Å². The van der Waals surface area contributed by atoms with Crippen molar-refractivity contribution in [2.45, 2.75) is 52.0 Å². The molecule has 0 spiro atoms. The topological polar surface area (TPSA) is 95.7 Å². The number of aromatic nitrogens is 2. The van der Waals surface area contributed by atoms with Crippen molar-refractivity contribution in [3.05, 3.63) is 59.0 Å². The largest absolute Gasteiger partial charge is 0.490 e. The Balaban J connectivity index is 1.31. The first-order chi connectivity index (χ1) is 16.9. The smallest absolute Gasteiger partial charge is 0.277 e. The van der Waals surface area contributed by atoms with Crippen molar-refractivity contribution in [3.8, 4) is 17.2 Å². The number of hydrogen-bond acceptors (Lipinski definition) is 8. The number of rotatable bonds is 9. The SMILES string of the molecule is Cc1ccc(C)c(OCc2nnc(SCC(=O)NC(c3ccc4c(c3)OCCCO4)C(C)C)o2)c1. The number of amides is 1. The second kappa shape index (κ2) is 11.5. The van der Waals surface area contributed by atoms with Gasteiger partial charge in [0.1, 0.15) is 5.75 Å². The molecule has 0 aliphatic carbocycles. The predicted octanol–water partition coefficient (Wildman–Crippen LogP) is 5.03. The summed E-state index contributed by atoms with van der Waals surface area (Å²) in [4.78, 5) is 12.7. The summed E-state index contributed by atoms with van der Waals surface area (Å²) >= 11 is 1.20. The summed E-state index contributed by atoms with van der Waals surface area (Å²) in [6, 6.07) is 11.7. The van der Waals surface area contributed by atoms with E-state index < -0.39 is 0 Å². The molecule has 1 aliphatic heterocycles. The number of carbonyl (C=O) groups excluding carboxylic acids is 1. The Hall–Kier alpha value is -3.20. The van der Waals surface area contributed by atoms with Crippen LogP contribution in [-0.2, 0) is 11.4 Å². The van der Waals surface area contributed by atoms with Gasteiger partial charge in [0, 0.05) is 6.42 Å². The number of nitrogens with one attached hydrogen (secondary N) is 1. The monoisotopic (exact) mass is 497 g/mol. The number of ether oxygens (including phenoxy) is 3. The highest BCUT2D eigenvalue weighted by molar-refractivity contribution is 7.99. The van der Waals surface area contributed by atoms with Gasteiger partial charge in [-0.1, -0.05) is 43.8 Å². The van der Waals surface area contributed by atoms with Gasteiger partial charge < -0.3 is 23.9 Å². The van der Waals surface area contributed by atoms with Crippen LogP contribution in [0, 0.1) is 19.8 Å². The molecule has 1 aliphatic rings. The number of thioether (sulfide) groups is 1. The third kappa shape index (κ3) is 6.69. The first kappa shape index (κ1) is 24.9. The Bertz CT molecular complexity index is 1160. The van der Waals surface area contributed by atoms with E-state index in [4.69, 9.17) is 18.6 Å². The fourth-order valence-electron chi connectivity index (χ4n) is 3.71. The van der Waals surface area contributed by atoms with Crippen LogP contribution in [0.3, 0.4) is 0 Å². The van der Waals surface area contributed by atoms with Crippen LogP contribution < -0.4 is 19.5 Å². The zero-order valence-corrected chi connectivity index (χ0v) is 21.3. The lowest BCUT2D eigenvalue weighted by Gasteiger charge is -2.23. The molecule has 1 atom stereocenters. The van der Waals surface area contributed by atoms with E-state index in [9.17, 15) is 4.79 Å². The van der Waals surface area contributed by atoms with Crippen molar-refractivity contribution in [1.29, 1.82) is 0 Å². The quantitative estimate of drug-likeness (QED) is 0.411. The molecule has 35 heavy (non-hydrogen) atoms. The molecule has 1 N–H and O–H groups in total. The number of nitrogens with zero attached hydrogens (tertiary/aromatic N) is 2. The zero-order chi connectivity index (χ0) is 24.8. The lowest BCUT2D eigenvalue weighted by molar-refractivity contribution is -0.119. The third-order valence-corrected chi connectivity index (χ3v) is 6.40. The van der Waals surface area contributed by atoms with Gasteiger partial charge in [0.15, 0.2) is 18.1 Å². The van der Waals surface area contributed by atoms with Gasteiger partial charge in [-0.25, -0.2) is 0 Å². The molecule has 0 saturated heterocycles. The standard InChI is InChI=1S/C26H31N3O5S/c1-16(2)25(19-8-9-20-22(13-19)32-11-5-10-31-20)27-23(30)15-35-26-29-28-24(34-26)14-33-21-12-17(3)6-7-18(21)4/h6-9,12-13,16,25H,5,10-11,14-15H2,1-4H3,(H,27,30). The van der Waals surface area contributed by atoms with Gasteiger partial charge >= 0.3 is 0 Å². The van der Waals surface area contributed by atoms with E-state index in [-0.39, 0.29) is 30.2 Å². The number of carbonyl (C=O) groups is 1. The molecule has 3 aromatic rings. The van der Waals surface area contributed by atoms with E-state index in [1.54, 1.807) is 0 Å². The maximum atomic E-state index is 12.7. The van der Waals surface area contributed by atoms with E-state index in [0.29, 0.717) is 24.3 Å². The summed E-state index contributed by atoms with van der Waals surface area (Å²) in [7, 11) is 0. The fourth-order valence-corrected chi connectivity index (χ4v) is 4.30. The molecular formula is C26H31N3O5S. The average Bonchev–Trinajstić information content (AvgIpc) is 3.16. The Morgan fingerprint density at radius 3 is 2.69 bits per heavy atom. The fraction of sp³-hybridized carbons (Fsp3) is 0.423. The summed E-state index contributed by atoms with van der Waals surface area (Å²) in [6.45, 7) is 9.57. The molecule has 0 bridgehead atoms. The van der Waals surface area contributed by atoms with Crippen molar-refractivity contribution in [1.82, 2.24) is 15.5 Å². The molecule has 1 aromatic heterocycles. The summed E-state index contributed by atoms with van der Waals surface area (Å²) < 4.78 is 23.0. The maximum absolute atomic E-state index is 12.7. The van der Waals surface area contributed by atoms with Gasteiger partial charge in [0.05, 0.1) is 25.0 Å². The van der Waals surface area contributed by atoms with Crippen LogP contribution in [0.1, 0.15) is 48.9 Å². The van der Waals surface area contributed by atoms with Crippen LogP contribution in [0.25, 0.3) is 0 Å². The molecular weight excluding hydrogens is 466 g/mol. The van der Waals surface area contributed by atoms with Gasteiger partial charge in [-0.15, -0.1) is 10.2 Å². The second-order valence-corrected chi connectivity index (χ2v) is 9.78. The Kier molecular flexibility index (Phi) is 8.17. The number of aryl methyl sites for hydroxylation is 2. The van der Waals surface area contributed by atoms with E-state index in [2.05, 4.69) is 29.4 Å². The zero-order valence-electron chi connectivity index (χ0n) is 20.5. The van der Waals surface area contributed by atoms with Crippen molar-refractivity contribution in [2.75, 3.05) is 19.0 Å². The van der Waals surface area contributed by atoms with Crippen LogP contribution in [0.5, 0.6) is 17.2 Å². The average molecular weight is 498 g/mol. The normalized spacial score (nSPS) is 13.9. The lowest BCUT2D eigenvalue weighted by atomic mass is 9.95. The molecule has 1 amide bonds. The first-order valence-corrected chi connectivity index (χ1v) is 12.7. The molecule has 2 aromatic carbocycles. The Morgan fingerprint density at radius 2 is 1.89 bits per heavy atom. The van der Waals surface area contributed by atoms with Gasteiger partial charge in [0.25, 0.3) is 11.1 Å². The highest BCUT2D eigenvalue weighted by atomic mass is 32.2. The van der Waals surface area contributed by atoms with E-state index in [0.717, 1.165) is 40.4 Å². The van der Waals surface area contributed by atoms with E-state index >= 15 is 0 Å². The van der Waals surface area contributed by atoms with Crippen LogP contribution in [0.4, 0.5) is 0 Å². The van der Waals surface area contributed by atoms with E-state index in [1.165, 1.54) is 11.8 Å². The molecule has 186 valence electrons. The van der Waals surface area contributed by atoms with Crippen molar-refractivity contribution >= 4 is 17.7 Å². The molecule has 4 rings (SSSR count). The van der Waals surface area contributed by atoms with Gasteiger partial charge in [-0.2, -0.15) is 0 Å². The molecule has 9 heteroatoms. The van der Waals surface area contributed by atoms with Gasteiger partial charge in [-0.3, -0.25) is 4.79 Å². The van der Waals surface area contributed by atoms with Crippen LogP contribution in [0.2, 0.25) is 0 Å². The van der Waals surface area contributed by atoms with Crippen molar-refractivity contribution in [2.24, 2.45) is 5.92 Å². The molecule has 2 heterocycles. The minimum Gasteiger partial charge on any atom is -0.490 e. The number of benzene rings is 2. The van der Waals surface area contributed by atoms with Crippen molar-refractivity contribution < 1.29 is 23.4 Å². The third-order valence-electron chi connectivity index (χ3n) is 5.58. The van der Waals surface area contributed by atoms with Crippen LogP contribution in [-0.4, -0.2) is 35.1 Å². The summed E-state index contributed by atoms with van der Waals surface area (Å²) in [5, 5.41) is 11.5. The molecule has 8 nitrogen and oxygen atoms in total. The van der Waals surface area contributed by atoms with Crippen molar-refractivity contribution in [3.63, 3.8) is 0 Å². The summed E-state index contributed by atoms with van der Waals surface area (Å²) in [5.41, 5.74) is 3.13. The molecule has 0 saturated carbocycles. The minimum absolute atomic E-state index is 0.118. The predicted molar refractivity (Wildman–Crippen MR) is 133 cm³/mol. The van der Waals surface area contributed by atoms with Crippen LogP contribution in [0.15, 0.2) is 46.0 Å². The van der Waals surface area contributed by atoms with Crippen LogP contribution >= 0.6 is 11.8 Å². The molecule has 1 unspecified atom stereocenters. The first-order valence-electron chi connectivity index (χ1n) is 11.7. The van der Waals surface area contributed by atoms with Gasteiger partial charge in [-0.05, 0) is 54.7 Å². The summed E-state index contributed by atoms with van der Waals surface area (Å²) in [5.74, 6) is 2.83. The second-order valence-electron chi connectivity index (χ2n) is 8.85. The Labute approximate surface area is 209 Å². The molecule has 0 radical (unpaired) electrons. The Morgan fingerprint density at radius 1 is 1.09 bits per heavy atom.